The second-order valence-corrected chi connectivity index (χ2v) is 5.26. The quantitative estimate of drug-likeness (QED) is 0.786. The van der Waals surface area contributed by atoms with Crippen LogP contribution in [0, 0.1) is 0 Å². The van der Waals surface area contributed by atoms with Crippen LogP contribution in [0.2, 0.25) is 0 Å². The van der Waals surface area contributed by atoms with Gasteiger partial charge in [-0.3, -0.25) is 9.69 Å². The van der Waals surface area contributed by atoms with E-state index in [0.717, 1.165) is 37.5 Å². The Labute approximate surface area is 105 Å². The molecule has 2 heterocycles. The number of carbonyl (C=O) groups excluding carboxylic acids is 1. The maximum Gasteiger partial charge on any atom is 0.231 e. The molecule has 0 saturated carbocycles. The van der Waals surface area contributed by atoms with E-state index >= 15 is 0 Å². The second kappa shape index (κ2) is 6.09. The highest BCUT2D eigenvalue weighted by molar-refractivity contribution is 7.09. The Morgan fingerprint density at radius 1 is 1.59 bits per heavy atom. The van der Waals surface area contributed by atoms with Gasteiger partial charge in [0.1, 0.15) is 5.01 Å². The summed E-state index contributed by atoms with van der Waals surface area (Å²) in [4.78, 5) is 17.6. The first-order valence-electron chi connectivity index (χ1n) is 5.87. The lowest BCUT2D eigenvalue weighted by Gasteiger charge is -2.33. The topological polar surface area (TPSA) is 71.2 Å². The Hall–Kier alpha value is -0.980. The van der Waals surface area contributed by atoms with E-state index in [1.165, 1.54) is 0 Å². The van der Waals surface area contributed by atoms with E-state index in [4.69, 9.17) is 5.73 Å². The molecule has 6 heteroatoms. The molecule has 0 radical (unpaired) electrons. The van der Waals surface area contributed by atoms with Gasteiger partial charge in [-0.15, -0.1) is 11.3 Å². The molecule has 5 nitrogen and oxygen atoms in total. The normalized spacial score (nSPS) is 17.5. The molecular formula is C11H18N4OS. The zero-order valence-corrected chi connectivity index (χ0v) is 10.6. The van der Waals surface area contributed by atoms with Crippen LogP contribution in [-0.4, -0.2) is 41.5 Å². The molecule has 0 aliphatic carbocycles. The highest BCUT2D eigenvalue weighted by atomic mass is 32.1. The molecule has 0 atom stereocenters. The number of primary amides is 1. The highest BCUT2D eigenvalue weighted by Crippen LogP contribution is 2.16. The minimum absolute atomic E-state index is 0.264. The Balaban J connectivity index is 1.98. The van der Waals surface area contributed by atoms with Crippen LogP contribution in [0.25, 0.3) is 0 Å². The molecule has 0 aromatic carbocycles. The fourth-order valence-electron chi connectivity index (χ4n) is 2.19. The Kier molecular flexibility index (Phi) is 4.47. The van der Waals surface area contributed by atoms with Gasteiger partial charge in [-0.2, -0.15) is 0 Å². The van der Waals surface area contributed by atoms with Crippen molar-refractivity contribution in [1.82, 2.24) is 15.2 Å². The molecule has 3 N–H and O–H groups in total. The zero-order valence-electron chi connectivity index (χ0n) is 9.76. The third kappa shape index (κ3) is 3.76. The van der Waals surface area contributed by atoms with E-state index in [1.54, 1.807) is 17.5 Å². The van der Waals surface area contributed by atoms with Crippen molar-refractivity contribution in [3.8, 4) is 0 Å². The number of aromatic nitrogens is 1. The number of hydrogen-bond donors (Lipinski definition) is 2. The Bertz CT molecular complexity index is 348. The summed E-state index contributed by atoms with van der Waals surface area (Å²) in [6, 6.07) is 0.438. The van der Waals surface area contributed by atoms with E-state index in [2.05, 4.69) is 15.2 Å². The predicted molar refractivity (Wildman–Crippen MR) is 67.6 cm³/mol. The molecule has 94 valence electrons. The lowest BCUT2D eigenvalue weighted by molar-refractivity contribution is -0.120. The largest absolute Gasteiger partial charge is 0.369 e. The van der Waals surface area contributed by atoms with E-state index < -0.39 is 0 Å². The van der Waals surface area contributed by atoms with E-state index in [-0.39, 0.29) is 5.91 Å². The summed E-state index contributed by atoms with van der Waals surface area (Å²) in [5.41, 5.74) is 5.32. The van der Waals surface area contributed by atoms with Gasteiger partial charge in [0.15, 0.2) is 0 Å². The van der Waals surface area contributed by atoms with Crippen LogP contribution in [0.15, 0.2) is 11.6 Å². The van der Waals surface area contributed by atoms with Crippen molar-refractivity contribution in [2.24, 2.45) is 5.73 Å². The lowest BCUT2D eigenvalue weighted by Crippen LogP contribution is -2.46. The SMILES string of the molecule is NC(=O)CN(Cc1nccs1)C1CCNCC1. The van der Waals surface area contributed by atoms with Gasteiger partial charge in [-0.1, -0.05) is 0 Å². The second-order valence-electron chi connectivity index (χ2n) is 4.28. The number of nitrogens with zero attached hydrogens (tertiary/aromatic N) is 2. The average Bonchev–Trinajstić information content (AvgIpc) is 2.82. The van der Waals surface area contributed by atoms with Crippen molar-refractivity contribution < 1.29 is 4.79 Å². The molecule has 0 spiro atoms. The van der Waals surface area contributed by atoms with Gasteiger partial charge in [-0.05, 0) is 25.9 Å². The van der Waals surface area contributed by atoms with Crippen molar-refractivity contribution in [3.05, 3.63) is 16.6 Å². The summed E-state index contributed by atoms with van der Waals surface area (Å²) in [5, 5.41) is 6.33. The number of nitrogens with two attached hydrogens (primary N) is 1. The number of rotatable bonds is 5. The smallest absolute Gasteiger partial charge is 0.231 e. The number of piperidine rings is 1. The molecule has 2 rings (SSSR count). The van der Waals surface area contributed by atoms with Crippen LogP contribution in [-0.2, 0) is 11.3 Å². The van der Waals surface area contributed by atoms with Gasteiger partial charge in [0, 0.05) is 17.6 Å². The van der Waals surface area contributed by atoms with Gasteiger partial charge in [-0.25, -0.2) is 4.98 Å². The molecule has 17 heavy (non-hydrogen) atoms. The Morgan fingerprint density at radius 2 is 2.35 bits per heavy atom. The summed E-state index contributed by atoms with van der Waals surface area (Å²) in [7, 11) is 0. The van der Waals surface area contributed by atoms with Crippen molar-refractivity contribution in [2.45, 2.75) is 25.4 Å². The van der Waals surface area contributed by atoms with Gasteiger partial charge in [0.05, 0.1) is 13.1 Å². The van der Waals surface area contributed by atoms with Crippen LogP contribution >= 0.6 is 11.3 Å². The van der Waals surface area contributed by atoms with E-state index in [1.807, 2.05) is 5.38 Å². The van der Waals surface area contributed by atoms with Gasteiger partial charge in [0.2, 0.25) is 5.91 Å². The number of carbonyl (C=O) groups is 1. The predicted octanol–water partition coefficient (Wildman–Crippen LogP) is 0.182. The maximum atomic E-state index is 11.1. The van der Waals surface area contributed by atoms with Crippen LogP contribution in [0.3, 0.4) is 0 Å². The fraction of sp³-hybridized carbons (Fsp3) is 0.636. The molecule has 0 unspecified atom stereocenters. The Morgan fingerprint density at radius 3 is 2.94 bits per heavy atom. The van der Waals surface area contributed by atoms with Crippen LogP contribution < -0.4 is 11.1 Å². The van der Waals surface area contributed by atoms with Crippen molar-refractivity contribution in [3.63, 3.8) is 0 Å². The van der Waals surface area contributed by atoms with Gasteiger partial charge >= 0.3 is 0 Å². The summed E-state index contributed by atoms with van der Waals surface area (Å²) in [6.07, 6.45) is 3.93. The molecule has 1 aromatic heterocycles. The standard InChI is InChI=1S/C11H18N4OS/c12-10(16)7-15(8-11-14-5-6-17-11)9-1-3-13-4-2-9/h5-6,9,13H,1-4,7-8H2,(H2,12,16). The fourth-order valence-corrected chi connectivity index (χ4v) is 2.83. The first-order chi connectivity index (χ1) is 8.25. The van der Waals surface area contributed by atoms with Crippen molar-refractivity contribution in [1.29, 1.82) is 0 Å². The molecule has 1 amide bonds. The molecular weight excluding hydrogens is 236 g/mol. The molecule has 1 aromatic rings. The lowest BCUT2D eigenvalue weighted by atomic mass is 10.0. The number of amides is 1. The van der Waals surface area contributed by atoms with E-state index in [0.29, 0.717) is 12.6 Å². The molecule has 1 aliphatic heterocycles. The number of hydrogen-bond acceptors (Lipinski definition) is 5. The first-order valence-corrected chi connectivity index (χ1v) is 6.75. The number of nitrogens with one attached hydrogen (secondary N) is 1. The van der Waals surface area contributed by atoms with Crippen LogP contribution in [0.4, 0.5) is 0 Å². The molecule has 1 aliphatic rings. The summed E-state index contributed by atoms with van der Waals surface area (Å²) in [6.45, 7) is 3.07. The zero-order chi connectivity index (χ0) is 12.1. The third-order valence-corrected chi connectivity index (χ3v) is 3.77. The van der Waals surface area contributed by atoms with Crippen molar-refractivity contribution >= 4 is 17.2 Å². The number of thiazole rings is 1. The average molecular weight is 254 g/mol. The van der Waals surface area contributed by atoms with E-state index in [9.17, 15) is 4.79 Å². The van der Waals surface area contributed by atoms with Crippen molar-refractivity contribution in [2.75, 3.05) is 19.6 Å². The van der Waals surface area contributed by atoms with Crippen LogP contribution in [0.1, 0.15) is 17.8 Å². The summed E-state index contributed by atoms with van der Waals surface area (Å²) >= 11 is 1.62. The van der Waals surface area contributed by atoms with Gasteiger partial charge in [0.25, 0.3) is 0 Å². The molecule has 1 saturated heterocycles. The minimum Gasteiger partial charge on any atom is -0.369 e. The first kappa shape index (κ1) is 12.5. The third-order valence-electron chi connectivity index (χ3n) is 3.01. The summed E-state index contributed by atoms with van der Waals surface area (Å²) < 4.78 is 0. The highest BCUT2D eigenvalue weighted by Gasteiger charge is 2.22. The molecule has 1 fully saturated rings. The minimum atomic E-state index is -0.264. The molecule has 0 bridgehead atoms. The van der Waals surface area contributed by atoms with Gasteiger partial charge < -0.3 is 11.1 Å². The van der Waals surface area contributed by atoms with Crippen LogP contribution in [0.5, 0.6) is 0 Å². The summed E-state index contributed by atoms with van der Waals surface area (Å²) in [5.74, 6) is -0.264. The maximum absolute atomic E-state index is 11.1. The monoisotopic (exact) mass is 254 g/mol.